The van der Waals surface area contributed by atoms with E-state index in [9.17, 15) is 9.90 Å². The monoisotopic (exact) mass is 425 g/mol. The third-order valence-corrected chi connectivity index (χ3v) is 7.13. The van der Waals surface area contributed by atoms with E-state index in [-0.39, 0.29) is 28.0 Å². The van der Waals surface area contributed by atoms with E-state index < -0.39 is 0 Å². The van der Waals surface area contributed by atoms with E-state index in [2.05, 4.69) is 72.7 Å². The highest BCUT2D eigenvalue weighted by Crippen LogP contribution is 2.41. The van der Waals surface area contributed by atoms with Crippen molar-refractivity contribution in [3.05, 3.63) is 64.7 Å². The maximum absolute atomic E-state index is 13.2. The van der Waals surface area contributed by atoms with Crippen molar-refractivity contribution in [1.82, 2.24) is 4.90 Å². The Morgan fingerprint density at radius 1 is 1.03 bits per heavy atom. The van der Waals surface area contributed by atoms with E-state index >= 15 is 0 Å². The molecule has 2 aromatic carbocycles. The SMILES string of the molecule is CC(c1ccccc1)N1CSC(Cc2cc(C(C)(C)C)c(O)c(C(C)(C)C)c2)C1=O. The molecule has 0 aliphatic carbocycles. The van der Waals surface area contributed by atoms with Crippen LogP contribution >= 0.6 is 11.8 Å². The number of aromatic hydroxyl groups is 1. The van der Waals surface area contributed by atoms with E-state index in [1.54, 1.807) is 11.8 Å². The van der Waals surface area contributed by atoms with Gasteiger partial charge in [0.15, 0.2) is 0 Å². The van der Waals surface area contributed by atoms with Crippen molar-refractivity contribution >= 4 is 17.7 Å². The molecule has 1 aliphatic heterocycles. The molecule has 3 nitrogen and oxygen atoms in total. The highest BCUT2D eigenvalue weighted by Gasteiger charge is 2.36. The van der Waals surface area contributed by atoms with E-state index in [0.29, 0.717) is 12.2 Å². The predicted molar refractivity (Wildman–Crippen MR) is 127 cm³/mol. The summed E-state index contributed by atoms with van der Waals surface area (Å²) in [6.07, 6.45) is 0.688. The summed E-state index contributed by atoms with van der Waals surface area (Å²) in [5, 5.41) is 10.9. The Kier molecular flexibility index (Phi) is 6.29. The second-order valence-corrected chi connectivity index (χ2v) is 11.6. The summed E-state index contributed by atoms with van der Waals surface area (Å²) in [6, 6.07) is 14.5. The van der Waals surface area contributed by atoms with Crippen LogP contribution in [0.4, 0.5) is 0 Å². The number of carbonyl (C=O) groups is 1. The second-order valence-electron chi connectivity index (χ2n) is 10.4. The van der Waals surface area contributed by atoms with Crippen LogP contribution in [0.1, 0.15) is 76.8 Å². The smallest absolute Gasteiger partial charge is 0.237 e. The molecule has 1 heterocycles. The normalized spacial score (nSPS) is 18.7. The Hall–Kier alpha value is -1.94. The van der Waals surface area contributed by atoms with Gasteiger partial charge in [0, 0.05) is 0 Å². The van der Waals surface area contributed by atoms with Gasteiger partial charge in [0.05, 0.1) is 17.2 Å². The van der Waals surface area contributed by atoms with Crippen molar-refractivity contribution in [2.45, 2.75) is 77.0 Å². The molecule has 0 spiro atoms. The minimum absolute atomic E-state index is 0.0753. The van der Waals surface area contributed by atoms with Gasteiger partial charge in [-0.1, -0.05) is 84.0 Å². The lowest BCUT2D eigenvalue weighted by Gasteiger charge is -2.28. The van der Waals surface area contributed by atoms with Crippen LogP contribution in [-0.4, -0.2) is 27.0 Å². The topological polar surface area (TPSA) is 40.5 Å². The van der Waals surface area contributed by atoms with Gasteiger partial charge in [-0.15, -0.1) is 11.8 Å². The van der Waals surface area contributed by atoms with Crippen molar-refractivity contribution in [2.75, 3.05) is 5.88 Å². The van der Waals surface area contributed by atoms with Gasteiger partial charge in [-0.3, -0.25) is 4.79 Å². The zero-order valence-electron chi connectivity index (χ0n) is 19.3. The minimum Gasteiger partial charge on any atom is -0.507 e. The number of carbonyl (C=O) groups excluding carboxylic acids is 1. The van der Waals surface area contributed by atoms with Gasteiger partial charge < -0.3 is 10.0 Å². The molecule has 0 saturated carbocycles. The van der Waals surface area contributed by atoms with Gasteiger partial charge in [-0.05, 0) is 46.4 Å². The van der Waals surface area contributed by atoms with Gasteiger partial charge in [0.25, 0.3) is 0 Å². The van der Waals surface area contributed by atoms with E-state index in [4.69, 9.17) is 0 Å². The second kappa shape index (κ2) is 8.30. The molecule has 1 aliphatic rings. The summed E-state index contributed by atoms with van der Waals surface area (Å²) in [6.45, 7) is 14.8. The maximum atomic E-state index is 13.2. The van der Waals surface area contributed by atoms with E-state index in [0.717, 1.165) is 22.6 Å². The lowest BCUT2D eigenvalue weighted by molar-refractivity contribution is -0.130. The zero-order chi connectivity index (χ0) is 22.3. The van der Waals surface area contributed by atoms with Crippen LogP contribution in [0.25, 0.3) is 0 Å². The Morgan fingerprint density at radius 2 is 1.57 bits per heavy atom. The van der Waals surface area contributed by atoms with Crippen LogP contribution in [0.5, 0.6) is 5.75 Å². The quantitative estimate of drug-likeness (QED) is 0.635. The number of benzene rings is 2. The van der Waals surface area contributed by atoms with Gasteiger partial charge in [0.1, 0.15) is 5.75 Å². The van der Waals surface area contributed by atoms with Crippen LogP contribution in [0.15, 0.2) is 42.5 Å². The molecule has 0 radical (unpaired) electrons. The minimum atomic E-state index is -0.166. The predicted octanol–water partition coefficient (Wildman–Crippen LogP) is 6.19. The lowest BCUT2D eigenvalue weighted by atomic mass is 9.78. The fraction of sp³-hybridized carbons (Fsp3) is 0.500. The molecule has 1 amide bonds. The molecule has 4 heteroatoms. The lowest BCUT2D eigenvalue weighted by Crippen LogP contribution is -2.32. The van der Waals surface area contributed by atoms with Crippen molar-refractivity contribution in [2.24, 2.45) is 0 Å². The number of hydrogen-bond acceptors (Lipinski definition) is 3. The zero-order valence-corrected chi connectivity index (χ0v) is 20.1. The van der Waals surface area contributed by atoms with Gasteiger partial charge in [-0.25, -0.2) is 0 Å². The van der Waals surface area contributed by atoms with Gasteiger partial charge >= 0.3 is 0 Å². The number of amides is 1. The molecule has 2 aromatic rings. The molecular weight excluding hydrogens is 390 g/mol. The van der Waals surface area contributed by atoms with Crippen LogP contribution in [0, 0.1) is 0 Å². The summed E-state index contributed by atoms with van der Waals surface area (Å²) in [4.78, 5) is 15.2. The first-order valence-corrected chi connectivity index (χ1v) is 11.8. The van der Waals surface area contributed by atoms with Crippen LogP contribution in [-0.2, 0) is 22.0 Å². The highest BCUT2D eigenvalue weighted by molar-refractivity contribution is 8.01. The fourth-order valence-corrected chi connectivity index (χ4v) is 5.30. The van der Waals surface area contributed by atoms with Gasteiger partial charge in [-0.2, -0.15) is 0 Å². The Balaban J connectivity index is 1.87. The Bertz CT molecular complexity index is 874. The molecular formula is C26H35NO2S. The van der Waals surface area contributed by atoms with E-state index in [1.807, 2.05) is 23.1 Å². The summed E-state index contributed by atoms with van der Waals surface area (Å²) >= 11 is 1.72. The molecule has 0 bridgehead atoms. The van der Waals surface area contributed by atoms with Crippen molar-refractivity contribution in [1.29, 1.82) is 0 Å². The van der Waals surface area contributed by atoms with Crippen LogP contribution in [0.2, 0.25) is 0 Å². The number of phenolic OH excluding ortho intramolecular Hbond substituents is 1. The van der Waals surface area contributed by atoms with Crippen molar-refractivity contribution in [3.8, 4) is 5.75 Å². The van der Waals surface area contributed by atoms with E-state index in [1.165, 1.54) is 5.56 Å². The van der Waals surface area contributed by atoms with Gasteiger partial charge in [0.2, 0.25) is 5.91 Å². The largest absolute Gasteiger partial charge is 0.507 e. The Morgan fingerprint density at radius 3 is 2.07 bits per heavy atom. The summed E-state index contributed by atoms with van der Waals surface area (Å²) < 4.78 is 0. The molecule has 1 saturated heterocycles. The molecule has 3 rings (SSSR count). The fourth-order valence-electron chi connectivity index (χ4n) is 4.02. The average molecular weight is 426 g/mol. The highest BCUT2D eigenvalue weighted by atomic mass is 32.2. The third-order valence-electron chi connectivity index (χ3n) is 5.93. The molecule has 1 fully saturated rings. The first-order valence-electron chi connectivity index (χ1n) is 10.7. The third kappa shape index (κ3) is 4.69. The van der Waals surface area contributed by atoms with Crippen LogP contribution < -0.4 is 0 Å². The number of thioether (sulfide) groups is 1. The van der Waals surface area contributed by atoms with Crippen molar-refractivity contribution < 1.29 is 9.90 Å². The molecule has 0 aromatic heterocycles. The number of rotatable bonds is 4. The standard InChI is InChI=1S/C26H35NO2S/c1-17(19-11-9-8-10-12-19)27-16-30-22(24(27)29)15-18-13-20(25(2,3)4)23(28)21(14-18)26(5,6)7/h8-14,17,22,28H,15-16H2,1-7H3. The number of phenols is 1. The molecule has 30 heavy (non-hydrogen) atoms. The summed E-state index contributed by atoms with van der Waals surface area (Å²) in [5.41, 5.74) is 3.87. The van der Waals surface area contributed by atoms with Crippen LogP contribution in [0.3, 0.4) is 0 Å². The van der Waals surface area contributed by atoms with Crippen molar-refractivity contribution in [3.63, 3.8) is 0 Å². The first kappa shape index (κ1) is 22.7. The molecule has 1 N–H and O–H groups in total. The maximum Gasteiger partial charge on any atom is 0.237 e. The summed E-state index contributed by atoms with van der Waals surface area (Å²) in [5.74, 6) is 1.32. The number of hydrogen-bond donors (Lipinski definition) is 1. The molecule has 2 atom stereocenters. The molecule has 2 unspecified atom stereocenters. The molecule has 162 valence electrons. The average Bonchev–Trinajstić information content (AvgIpc) is 3.01. The summed E-state index contributed by atoms with van der Waals surface area (Å²) in [7, 11) is 0. The Labute approximate surface area is 185 Å². The first-order chi connectivity index (χ1) is 13.9. The number of nitrogens with zero attached hydrogens (tertiary/aromatic N) is 1.